The number of carbonyl (C=O) groups excluding carboxylic acids is 1. The molecule has 0 saturated heterocycles. The first-order chi connectivity index (χ1) is 9.02. The van der Waals surface area contributed by atoms with Crippen molar-refractivity contribution in [3.8, 4) is 0 Å². The molecule has 0 spiro atoms. The molecular formula is C14H26N2O3. The number of amides is 1. The highest BCUT2D eigenvalue weighted by atomic mass is 16.4. The zero-order valence-electron chi connectivity index (χ0n) is 12.1. The maximum atomic E-state index is 12.2. The lowest BCUT2D eigenvalue weighted by atomic mass is 9.78. The summed E-state index contributed by atoms with van der Waals surface area (Å²) in [6.45, 7) is 3.50. The van der Waals surface area contributed by atoms with E-state index in [0.29, 0.717) is 13.0 Å². The molecule has 0 aromatic rings. The fourth-order valence-electron chi connectivity index (χ4n) is 2.93. The van der Waals surface area contributed by atoms with Crippen LogP contribution in [0.15, 0.2) is 0 Å². The Bertz CT molecular complexity index is 312. The Kier molecular flexibility index (Phi) is 6.28. The molecule has 0 aromatic carbocycles. The molecular weight excluding hydrogens is 244 g/mol. The van der Waals surface area contributed by atoms with Crippen molar-refractivity contribution in [3.05, 3.63) is 0 Å². The van der Waals surface area contributed by atoms with Gasteiger partial charge in [-0.3, -0.25) is 9.59 Å². The Balaban J connectivity index is 2.67. The molecule has 0 atom stereocenters. The summed E-state index contributed by atoms with van der Waals surface area (Å²) in [5.74, 6) is -0.766. The summed E-state index contributed by atoms with van der Waals surface area (Å²) in [6.07, 6.45) is 5.28. The highest BCUT2D eigenvalue weighted by Gasteiger charge is 2.40. The smallest absolute Gasteiger partial charge is 0.305 e. The molecule has 1 saturated carbocycles. The predicted molar refractivity (Wildman–Crippen MR) is 74.0 cm³/mol. The number of carboxylic acid groups (broad SMARTS) is 1. The van der Waals surface area contributed by atoms with Crippen LogP contribution in [0.25, 0.3) is 0 Å². The van der Waals surface area contributed by atoms with Crippen LogP contribution in [-0.2, 0) is 9.59 Å². The second kappa shape index (κ2) is 7.48. The third-order valence-corrected chi connectivity index (χ3v) is 4.12. The number of rotatable bonds is 7. The quantitative estimate of drug-likeness (QED) is 0.690. The minimum Gasteiger partial charge on any atom is -0.481 e. The van der Waals surface area contributed by atoms with Gasteiger partial charge in [-0.15, -0.1) is 0 Å². The van der Waals surface area contributed by atoms with Gasteiger partial charge < -0.3 is 15.3 Å². The van der Waals surface area contributed by atoms with E-state index in [1.807, 2.05) is 6.92 Å². The normalized spacial score (nSPS) is 18.0. The van der Waals surface area contributed by atoms with Crippen LogP contribution >= 0.6 is 0 Å². The summed E-state index contributed by atoms with van der Waals surface area (Å²) in [5.41, 5.74) is -0.465. The van der Waals surface area contributed by atoms with Gasteiger partial charge in [-0.1, -0.05) is 26.2 Å². The van der Waals surface area contributed by atoms with E-state index in [9.17, 15) is 9.59 Å². The Morgan fingerprint density at radius 2 is 1.89 bits per heavy atom. The molecule has 2 N–H and O–H groups in total. The first kappa shape index (κ1) is 16.0. The van der Waals surface area contributed by atoms with Crippen molar-refractivity contribution in [1.82, 2.24) is 10.2 Å². The van der Waals surface area contributed by atoms with E-state index in [1.54, 1.807) is 11.9 Å². The third-order valence-electron chi connectivity index (χ3n) is 4.12. The van der Waals surface area contributed by atoms with Crippen LogP contribution in [0.3, 0.4) is 0 Å². The van der Waals surface area contributed by atoms with Crippen LogP contribution in [-0.4, -0.2) is 47.6 Å². The predicted octanol–water partition coefficient (Wildman–Crippen LogP) is 1.62. The molecule has 0 aromatic heterocycles. The summed E-state index contributed by atoms with van der Waals surface area (Å²) in [5, 5.41) is 12.3. The van der Waals surface area contributed by atoms with Crippen LogP contribution in [0.2, 0.25) is 0 Å². The molecule has 5 heteroatoms. The van der Waals surface area contributed by atoms with Crippen LogP contribution < -0.4 is 5.32 Å². The van der Waals surface area contributed by atoms with Crippen molar-refractivity contribution < 1.29 is 14.7 Å². The van der Waals surface area contributed by atoms with Gasteiger partial charge in [0.1, 0.15) is 0 Å². The van der Waals surface area contributed by atoms with Crippen molar-refractivity contribution in [2.45, 2.75) is 57.4 Å². The number of nitrogens with one attached hydrogen (secondary N) is 1. The number of hydrogen-bond donors (Lipinski definition) is 2. The lowest BCUT2D eigenvalue weighted by Gasteiger charge is -2.44. The molecule has 1 rings (SSSR count). The topological polar surface area (TPSA) is 69.6 Å². The summed E-state index contributed by atoms with van der Waals surface area (Å²) in [4.78, 5) is 25.0. The molecule has 1 aliphatic carbocycles. The van der Waals surface area contributed by atoms with Crippen LogP contribution in [0.4, 0.5) is 0 Å². The lowest BCUT2D eigenvalue weighted by molar-refractivity contribution is -0.145. The summed E-state index contributed by atoms with van der Waals surface area (Å²) < 4.78 is 0. The van der Waals surface area contributed by atoms with E-state index in [4.69, 9.17) is 5.11 Å². The average Bonchev–Trinajstić information content (AvgIpc) is 2.38. The number of carboxylic acids is 1. The maximum Gasteiger partial charge on any atom is 0.305 e. The molecule has 0 radical (unpaired) electrons. The molecule has 1 amide bonds. The minimum absolute atomic E-state index is 0.0455. The van der Waals surface area contributed by atoms with E-state index in [2.05, 4.69) is 5.32 Å². The molecule has 0 heterocycles. The van der Waals surface area contributed by atoms with Gasteiger partial charge in [0, 0.05) is 20.0 Å². The van der Waals surface area contributed by atoms with Gasteiger partial charge in [0.05, 0.1) is 12.0 Å². The van der Waals surface area contributed by atoms with Gasteiger partial charge in [-0.05, 0) is 19.4 Å². The van der Waals surface area contributed by atoms with E-state index in [-0.39, 0.29) is 12.3 Å². The molecule has 5 nitrogen and oxygen atoms in total. The Hall–Kier alpha value is -1.10. The zero-order valence-corrected chi connectivity index (χ0v) is 12.1. The van der Waals surface area contributed by atoms with Crippen molar-refractivity contribution >= 4 is 11.9 Å². The van der Waals surface area contributed by atoms with Crippen molar-refractivity contribution in [3.63, 3.8) is 0 Å². The van der Waals surface area contributed by atoms with E-state index in [0.717, 1.165) is 38.6 Å². The molecule has 1 aliphatic rings. The van der Waals surface area contributed by atoms with E-state index < -0.39 is 11.5 Å². The van der Waals surface area contributed by atoms with Crippen LogP contribution in [0, 0.1) is 0 Å². The fraction of sp³-hybridized carbons (Fsp3) is 0.857. The Morgan fingerprint density at radius 1 is 1.26 bits per heavy atom. The van der Waals surface area contributed by atoms with Crippen LogP contribution in [0.1, 0.15) is 51.9 Å². The van der Waals surface area contributed by atoms with E-state index in [1.165, 1.54) is 0 Å². The third kappa shape index (κ3) is 4.49. The van der Waals surface area contributed by atoms with Crippen molar-refractivity contribution in [2.24, 2.45) is 0 Å². The Morgan fingerprint density at radius 3 is 2.42 bits per heavy atom. The highest BCUT2D eigenvalue weighted by molar-refractivity contribution is 5.78. The second-order valence-corrected chi connectivity index (χ2v) is 5.41. The van der Waals surface area contributed by atoms with Crippen LogP contribution in [0.5, 0.6) is 0 Å². The van der Waals surface area contributed by atoms with E-state index >= 15 is 0 Å². The molecule has 0 unspecified atom stereocenters. The SMILES string of the molecule is CCNCCC(=O)N(C)C1(CC(=O)O)CCCCC1. The van der Waals surface area contributed by atoms with Gasteiger partial charge in [-0.2, -0.15) is 0 Å². The summed E-state index contributed by atoms with van der Waals surface area (Å²) in [6, 6.07) is 0. The molecule has 110 valence electrons. The molecule has 19 heavy (non-hydrogen) atoms. The standard InChI is InChI=1S/C14H26N2O3/c1-3-15-10-7-12(17)16(2)14(11-13(18)19)8-5-4-6-9-14/h15H,3-11H2,1-2H3,(H,18,19). The average molecular weight is 270 g/mol. The number of carbonyl (C=O) groups is 2. The number of nitrogens with zero attached hydrogens (tertiary/aromatic N) is 1. The Labute approximate surface area is 115 Å². The lowest BCUT2D eigenvalue weighted by Crippen LogP contribution is -2.52. The molecule has 1 fully saturated rings. The van der Waals surface area contributed by atoms with Gasteiger partial charge in [0.15, 0.2) is 0 Å². The van der Waals surface area contributed by atoms with Gasteiger partial charge >= 0.3 is 5.97 Å². The minimum atomic E-state index is -0.812. The van der Waals surface area contributed by atoms with Gasteiger partial charge in [0.25, 0.3) is 0 Å². The van der Waals surface area contributed by atoms with Crippen molar-refractivity contribution in [1.29, 1.82) is 0 Å². The van der Waals surface area contributed by atoms with Gasteiger partial charge in [-0.25, -0.2) is 0 Å². The molecule has 0 bridgehead atoms. The zero-order chi connectivity index (χ0) is 14.3. The highest BCUT2D eigenvalue weighted by Crippen LogP contribution is 2.36. The largest absolute Gasteiger partial charge is 0.481 e. The first-order valence-electron chi connectivity index (χ1n) is 7.21. The van der Waals surface area contributed by atoms with Crippen molar-refractivity contribution in [2.75, 3.05) is 20.1 Å². The fourth-order valence-corrected chi connectivity index (χ4v) is 2.93. The number of hydrogen-bond acceptors (Lipinski definition) is 3. The monoisotopic (exact) mass is 270 g/mol. The van der Waals surface area contributed by atoms with Gasteiger partial charge in [0.2, 0.25) is 5.91 Å². The number of aliphatic carboxylic acids is 1. The maximum absolute atomic E-state index is 12.2. The molecule has 0 aliphatic heterocycles. The first-order valence-corrected chi connectivity index (χ1v) is 7.21. The summed E-state index contributed by atoms with van der Waals surface area (Å²) in [7, 11) is 1.77. The second-order valence-electron chi connectivity index (χ2n) is 5.41. The summed E-state index contributed by atoms with van der Waals surface area (Å²) >= 11 is 0.